The fourth-order valence-corrected chi connectivity index (χ4v) is 2.59. The van der Waals surface area contributed by atoms with E-state index in [1.807, 2.05) is 4.68 Å². The molecule has 0 aliphatic carbocycles. The average molecular weight is 268 g/mol. The summed E-state index contributed by atoms with van der Waals surface area (Å²) in [6.07, 6.45) is 8.06. The Morgan fingerprint density at radius 1 is 1.05 bits per heavy atom. The van der Waals surface area contributed by atoms with Gasteiger partial charge in [0.1, 0.15) is 12.7 Å². The summed E-state index contributed by atoms with van der Waals surface area (Å²) in [6.45, 7) is 4.28. The van der Waals surface area contributed by atoms with Crippen LogP contribution in [0.25, 0.3) is 6.08 Å². The number of piperidine rings is 1. The molecule has 1 fully saturated rings. The first-order valence-electron chi connectivity index (χ1n) is 7.19. The number of nitrogens with zero attached hydrogens (tertiary/aromatic N) is 4. The van der Waals surface area contributed by atoms with Gasteiger partial charge in [-0.3, -0.25) is 4.68 Å². The summed E-state index contributed by atoms with van der Waals surface area (Å²) in [6, 6.07) is 10.6. The van der Waals surface area contributed by atoms with Gasteiger partial charge in [0.05, 0.1) is 6.54 Å². The van der Waals surface area contributed by atoms with Gasteiger partial charge in [0.2, 0.25) is 0 Å². The molecule has 20 heavy (non-hydrogen) atoms. The molecule has 2 aromatic rings. The molecule has 2 heterocycles. The summed E-state index contributed by atoms with van der Waals surface area (Å²) < 4.78 is 1.90. The van der Waals surface area contributed by atoms with Crippen LogP contribution in [0.4, 0.5) is 0 Å². The lowest BCUT2D eigenvalue weighted by Crippen LogP contribution is -2.33. The highest BCUT2D eigenvalue weighted by molar-refractivity contribution is 5.52. The van der Waals surface area contributed by atoms with Crippen molar-refractivity contribution < 1.29 is 0 Å². The van der Waals surface area contributed by atoms with Crippen LogP contribution in [0.5, 0.6) is 0 Å². The Labute approximate surface area is 119 Å². The Morgan fingerprint density at radius 3 is 2.55 bits per heavy atom. The zero-order valence-electron chi connectivity index (χ0n) is 11.7. The molecule has 1 aliphatic rings. The highest BCUT2D eigenvalue weighted by Gasteiger charge is 2.13. The fourth-order valence-electron chi connectivity index (χ4n) is 2.59. The molecule has 0 bridgehead atoms. The molecule has 1 saturated heterocycles. The van der Waals surface area contributed by atoms with Crippen molar-refractivity contribution in [2.75, 3.05) is 19.6 Å². The zero-order valence-corrected chi connectivity index (χ0v) is 11.7. The fraction of sp³-hybridized carbons (Fsp3) is 0.375. The van der Waals surface area contributed by atoms with Crippen molar-refractivity contribution >= 4 is 6.08 Å². The van der Waals surface area contributed by atoms with Gasteiger partial charge in [0.15, 0.2) is 0 Å². The van der Waals surface area contributed by atoms with Crippen LogP contribution in [0.15, 0.2) is 48.6 Å². The molecule has 4 nitrogen and oxygen atoms in total. The van der Waals surface area contributed by atoms with Crippen LogP contribution in [0, 0.1) is 0 Å². The van der Waals surface area contributed by atoms with Gasteiger partial charge in [-0.05, 0) is 18.4 Å². The third-order valence-corrected chi connectivity index (χ3v) is 3.78. The summed E-state index contributed by atoms with van der Waals surface area (Å²) in [5, 5.41) is 4.14. The molecule has 1 aromatic heterocycles. The predicted octanol–water partition coefficient (Wildman–Crippen LogP) is 2.46. The van der Waals surface area contributed by atoms with E-state index in [4.69, 9.17) is 0 Å². The Balaban J connectivity index is 1.48. The lowest BCUT2D eigenvalue weighted by atomic mass is 10.0. The third-order valence-electron chi connectivity index (χ3n) is 3.78. The molecule has 0 N–H and O–H groups in total. The van der Waals surface area contributed by atoms with E-state index in [9.17, 15) is 0 Å². The number of benzene rings is 1. The quantitative estimate of drug-likeness (QED) is 0.854. The molecule has 0 radical (unpaired) electrons. The van der Waals surface area contributed by atoms with Crippen molar-refractivity contribution in [3.63, 3.8) is 0 Å². The number of rotatable bonds is 4. The number of hydrogen-bond acceptors (Lipinski definition) is 3. The molecule has 0 saturated carbocycles. The molecule has 1 aliphatic heterocycles. The predicted molar refractivity (Wildman–Crippen MR) is 80.1 cm³/mol. The minimum atomic E-state index is 0.928. The lowest BCUT2D eigenvalue weighted by molar-refractivity contribution is 0.243. The minimum Gasteiger partial charge on any atom is -0.301 e. The zero-order chi connectivity index (χ0) is 13.6. The van der Waals surface area contributed by atoms with E-state index in [2.05, 4.69) is 51.4 Å². The maximum atomic E-state index is 4.14. The number of aromatic nitrogens is 3. The summed E-state index contributed by atoms with van der Waals surface area (Å²) in [5.41, 5.74) is 2.88. The Morgan fingerprint density at radius 2 is 1.85 bits per heavy atom. The maximum Gasteiger partial charge on any atom is 0.137 e. The van der Waals surface area contributed by atoms with E-state index in [-0.39, 0.29) is 0 Å². The average Bonchev–Trinajstić information content (AvgIpc) is 3.01. The van der Waals surface area contributed by atoms with Gasteiger partial charge in [-0.2, -0.15) is 5.10 Å². The van der Waals surface area contributed by atoms with Crippen LogP contribution in [0.3, 0.4) is 0 Å². The van der Waals surface area contributed by atoms with Crippen molar-refractivity contribution in [2.24, 2.45) is 0 Å². The monoisotopic (exact) mass is 268 g/mol. The maximum absolute atomic E-state index is 4.14. The highest BCUT2D eigenvalue weighted by Crippen LogP contribution is 2.19. The van der Waals surface area contributed by atoms with Crippen LogP contribution in [-0.2, 0) is 6.54 Å². The first-order valence-corrected chi connectivity index (χ1v) is 7.19. The van der Waals surface area contributed by atoms with Crippen LogP contribution >= 0.6 is 0 Å². The second-order valence-electron chi connectivity index (χ2n) is 5.21. The van der Waals surface area contributed by atoms with Crippen molar-refractivity contribution in [3.8, 4) is 0 Å². The van der Waals surface area contributed by atoms with Crippen LogP contribution in [0.1, 0.15) is 18.4 Å². The summed E-state index contributed by atoms with van der Waals surface area (Å²) in [4.78, 5) is 6.47. The largest absolute Gasteiger partial charge is 0.301 e. The van der Waals surface area contributed by atoms with E-state index in [1.54, 1.807) is 18.2 Å². The van der Waals surface area contributed by atoms with Gasteiger partial charge in [-0.25, -0.2) is 4.98 Å². The number of likely N-dealkylation sites (tertiary alicyclic amines) is 1. The van der Waals surface area contributed by atoms with Crippen molar-refractivity contribution in [1.82, 2.24) is 19.7 Å². The molecule has 0 atom stereocenters. The SMILES string of the molecule is C(=C1CCN(CCn2cncn2)CC1)c1ccccc1. The molecule has 0 amide bonds. The van der Waals surface area contributed by atoms with Gasteiger partial charge in [0.25, 0.3) is 0 Å². The van der Waals surface area contributed by atoms with Gasteiger partial charge in [-0.1, -0.05) is 42.0 Å². The molecule has 4 heteroatoms. The summed E-state index contributed by atoms with van der Waals surface area (Å²) in [7, 11) is 0. The first kappa shape index (κ1) is 13.1. The lowest BCUT2D eigenvalue weighted by Gasteiger charge is -2.28. The standard InChI is InChI=1S/C16H20N4/c1-2-4-15(5-3-1)12-16-6-8-19(9-7-16)10-11-20-14-17-13-18-20/h1-5,12-14H,6-11H2. The van der Waals surface area contributed by atoms with Crippen LogP contribution in [0.2, 0.25) is 0 Å². The molecular formula is C16H20N4. The second kappa shape index (κ2) is 6.48. The Bertz CT molecular complexity index is 535. The molecule has 1 aromatic carbocycles. The van der Waals surface area contributed by atoms with E-state index in [0.29, 0.717) is 0 Å². The topological polar surface area (TPSA) is 34.0 Å². The molecule has 0 unspecified atom stereocenters. The number of hydrogen-bond donors (Lipinski definition) is 0. The normalized spacial score (nSPS) is 16.3. The smallest absolute Gasteiger partial charge is 0.137 e. The molecule has 0 spiro atoms. The van der Waals surface area contributed by atoms with E-state index < -0.39 is 0 Å². The molecular weight excluding hydrogens is 248 g/mol. The van der Waals surface area contributed by atoms with Gasteiger partial charge >= 0.3 is 0 Å². The Hall–Kier alpha value is -1.94. The minimum absolute atomic E-state index is 0.928. The Kier molecular flexibility index (Phi) is 4.23. The van der Waals surface area contributed by atoms with Gasteiger partial charge in [-0.15, -0.1) is 0 Å². The van der Waals surface area contributed by atoms with E-state index >= 15 is 0 Å². The van der Waals surface area contributed by atoms with Gasteiger partial charge in [0, 0.05) is 19.6 Å². The van der Waals surface area contributed by atoms with Crippen molar-refractivity contribution in [2.45, 2.75) is 19.4 Å². The molecule has 104 valence electrons. The molecule has 3 rings (SSSR count). The van der Waals surface area contributed by atoms with Gasteiger partial charge < -0.3 is 4.90 Å². The first-order chi connectivity index (χ1) is 9.90. The third kappa shape index (κ3) is 3.54. The van der Waals surface area contributed by atoms with Crippen LogP contribution < -0.4 is 0 Å². The van der Waals surface area contributed by atoms with Crippen molar-refractivity contribution in [3.05, 3.63) is 54.1 Å². The van der Waals surface area contributed by atoms with E-state index in [0.717, 1.165) is 26.2 Å². The van der Waals surface area contributed by atoms with Crippen molar-refractivity contribution in [1.29, 1.82) is 0 Å². The van der Waals surface area contributed by atoms with E-state index in [1.165, 1.54) is 18.4 Å². The summed E-state index contributed by atoms with van der Waals surface area (Å²) >= 11 is 0. The summed E-state index contributed by atoms with van der Waals surface area (Å²) in [5.74, 6) is 0. The van der Waals surface area contributed by atoms with Crippen LogP contribution in [-0.4, -0.2) is 39.3 Å². The second-order valence-corrected chi connectivity index (χ2v) is 5.21. The highest BCUT2D eigenvalue weighted by atomic mass is 15.3.